The highest BCUT2D eigenvalue weighted by Gasteiger charge is 2.33. The van der Waals surface area contributed by atoms with Crippen LogP contribution in [0.4, 0.5) is 4.79 Å². The summed E-state index contributed by atoms with van der Waals surface area (Å²) in [5, 5.41) is 18.3. The van der Waals surface area contributed by atoms with Gasteiger partial charge in [-0.1, -0.05) is 12.8 Å². The Bertz CT molecular complexity index is 355. The van der Waals surface area contributed by atoms with E-state index in [1.807, 2.05) is 0 Å². The molecule has 6 heteroatoms. The van der Waals surface area contributed by atoms with E-state index in [1.165, 1.54) is 0 Å². The molecule has 0 unspecified atom stereocenters. The quantitative estimate of drug-likeness (QED) is 0.811. The van der Waals surface area contributed by atoms with Crippen LogP contribution in [0.2, 0.25) is 0 Å². The zero-order valence-corrected chi connectivity index (χ0v) is 11.8. The van der Waals surface area contributed by atoms with Gasteiger partial charge in [-0.15, -0.1) is 0 Å². The van der Waals surface area contributed by atoms with E-state index in [0.717, 1.165) is 32.1 Å². The van der Waals surface area contributed by atoms with Crippen LogP contribution in [-0.4, -0.2) is 64.3 Å². The van der Waals surface area contributed by atoms with Gasteiger partial charge < -0.3 is 20.0 Å². The fourth-order valence-electron chi connectivity index (χ4n) is 3.29. The van der Waals surface area contributed by atoms with E-state index in [-0.39, 0.29) is 18.7 Å². The van der Waals surface area contributed by atoms with Crippen molar-refractivity contribution < 1.29 is 19.8 Å². The lowest BCUT2D eigenvalue weighted by atomic mass is 9.98. The number of hydrogen-bond acceptors (Lipinski definition) is 3. The van der Waals surface area contributed by atoms with Gasteiger partial charge in [0.15, 0.2) is 0 Å². The summed E-state index contributed by atoms with van der Waals surface area (Å²) in [4.78, 5) is 27.1. The first-order valence-electron chi connectivity index (χ1n) is 7.52. The van der Waals surface area contributed by atoms with Gasteiger partial charge in [0.2, 0.25) is 0 Å². The summed E-state index contributed by atoms with van der Waals surface area (Å²) < 4.78 is 0. The van der Waals surface area contributed by atoms with Crippen LogP contribution >= 0.6 is 0 Å². The molecule has 2 fully saturated rings. The molecule has 0 aromatic rings. The van der Waals surface area contributed by atoms with Crippen LogP contribution in [0.5, 0.6) is 0 Å². The van der Waals surface area contributed by atoms with E-state index in [2.05, 4.69) is 0 Å². The van der Waals surface area contributed by atoms with Crippen molar-refractivity contribution in [3.8, 4) is 0 Å². The number of carboxylic acids is 1. The van der Waals surface area contributed by atoms with Crippen LogP contribution in [0.3, 0.4) is 0 Å². The average molecular weight is 284 g/mol. The molecule has 1 heterocycles. The summed E-state index contributed by atoms with van der Waals surface area (Å²) >= 11 is 0. The molecule has 0 aromatic heterocycles. The van der Waals surface area contributed by atoms with Gasteiger partial charge in [0.25, 0.3) is 0 Å². The molecule has 114 valence electrons. The SMILES string of the molecule is O=C(O)[C@@H]1CCCN(C(=O)N(CCO)C2CCCC2)C1. The molecular weight excluding hydrogens is 260 g/mol. The number of carbonyl (C=O) groups is 2. The van der Waals surface area contributed by atoms with Gasteiger partial charge in [0.1, 0.15) is 0 Å². The molecular formula is C14H24N2O4. The first kappa shape index (κ1) is 15.1. The van der Waals surface area contributed by atoms with Crippen molar-refractivity contribution in [1.82, 2.24) is 9.80 Å². The molecule has 0 bridgehead atoms. The maximum Gasteiger partial charge on any atom is 0.320 e. The van der Waals surface area contributed by atoms with Gasteiger partial charge in [-0.05, 0) is 25.7 Å². The van der Waals surface area contributed by atoms with Crippen molar-refractivity contribution in [1.29, 1.82) is 0 Å². The molecule has 0 aromatic carbocycles. The van der Waals surface area contributed by atoms with Crippen LogP contribution in [0.25, 0.3) is 0 Å². The van der Waals surface area contributed by atoms with Crippen LogP contribution in [-0.2, 0) is 4.79 Å². The number of carboxylic acid groups (broad SMARTS) is 1. The molecule has 20 heavy (non-hydrogen) atoms. The lowest BCUT2D eigenvalue weighted by molar-refractivity contribution is -0.143. The molecule has 2 aliphatic rings. The largest absolute Gasteiger partial charge is 0.481 e. The maximum absolute atomic E-state index is 12.6. The zero-order valence-electron chi connectivity index (χ0n) is 11.8. The second-order valence-electron chi connectivity index (χ2n) is 5.76. The third kappa shape index (κ3) is 3.42. The minimum Gasteiger partial charge on any atom is -0.481 e. The highest BCUT2D eigenvalue weighted by atomic mass is 16.4. The number of rotatable bonds is 4. The van der Waals surface area contributed by atoms with E-state index >= 15 is 0 Å². The number of likely N-dealkylation sites (tertiary alicyclic amines) is 1. The van der Waals surface area contributed by atoms with E-state index in [4.69, 9.17) is 5.11 Å². The fourth-order valence-corrected chi connectivity index (χ4v) is 3.29. The number of carbonyl (C=O) groups excluding carboxylic acids is 1. The maximum atomic E-state index is 12.6. The lowest BCUT2D eigenvalue weighted by Crippen LogP contribution is -2.52. The van der Waals surface area contributed by atoms with Gasteiger partial charge >= 0.3 is 12.0 Å². The van der Waals surface area contributed by atoms with Crippen LogP contribution in [0.15, 0.2) is 0 Å². The van der Waals surface area contributed by atoms with Gasteiger partial charge in [-0.2, -0.15) is 0 Å². The van der Waals surface area contributed by atoms with Crippen molar-refractivity contribution in [2.75, 3.05) is 26.2 Å². The second kappa shape index (κ2) is 6.92. The fraction of sp³-hybridized carbons (Fsp3) is 0.857. The van der Waals surface area contributed by atoms with Crippen molar-refractivity contribution in [2.45, 2.75) is 44.6 Å². The van der Waals surface area contributed by atoms with Crippen molar-refractivity contribution in [3.05, 3.63) is 0 Å². The molecule has 1 saturated heterocycles. The van der Waals surface area contributed by atoms with E-state index < -0.39 is 11.9 Å². The molecule has 2 N–H and O–H groups in total. The first-order valence-corrected chi connectivity index (χ1v) is 7.52. The number of urea groups is 1. The van der Waals surface area contributed by atoms with Gasteiger partial charge in [0, 0.05) is 25.7 Å². The molecule has 2 amide bonds. The third-order valence-corrected chi connectivity index (χ3v) is 4.39. The van der Waals surface area contributed by atoms with E-state index in [9.17, 15) is 14.7 Å². The molecule has 1 aliphatic carbocycles. The number of piperidine rings is 1. The number of amides is 2. The predicted octanol–water partition coefficient (Wildman–Crippen LogP) is 1.14. The van der Waals surface area contributed by atoms with E-state index in [1.54, 1.807) is 9.80 Å². The molecule has 6 nitrogen and oxygen atoms in total. The molecule has 2 rings (SSSR count). The van der Waals surface area contributed by atoms with Gasteiger partial charge in [0.05, 0.1) is 12.5 Å². The number of aliphatic hydroxyl groups is 1. The predicted molar refractivity (Wildman–Crippen MR) is 73.4 cm³/mol. The van der Waals surface area contributed by atoms with Gasteiger partial charge in [-0.3, -0.25) is 4.79 Å². The van der Waals surface area contributed by atoms with Crippen LogP contribution in [0, 0.1) is 5.92 Å². The third-order valence-electron chi connectivity index (χ3n) is 4.39. The highest BCUT2D eigenvalue weighted by molar-refractivity contribution is 5.77. The molecule has 1 aliphatic heterocycles. The Morgan fingerprint density at radius 1 is 1.15 bits per heavy atom. The minimum atomic E-state index is -0.822. The Balaban J connectivity index is 2.00. The Labute approximate surface area is 119 Å². The van der Waals surface area contributed by atoms with Crippen molar-refractivity contribution >= 4 is 12.0 Å². The normalized spacial score (nSPS) is 23.9. The molecule has 0 spiro atoms. The number of aliphatic carboxylic acids is 1. The summed E-state index contributed by atoms with van der Waals surface area (Å²) in [5.74, 6) is -1.27. The number of aliphatic hydroxyl groups excluding tert-OH is 1. The number of nitrogens with zero attached hydrogens (tertiary/aromatic N) is 2. The lowest BCUT2D eigenvalue weighted by Gasteiger charge is -2.37. The minimum absolute atomic E-state index is 0.0432. The Morgan fingerprint density at radius 2 is 1.85 bits per heavy atom. The van der Waals surface area contributed by atoms with E-state index in [0.29, 0.717) is 26.1 Å². The standard InChI is InChI=1S/C14H24N2O4/c17-9-8-16(12-5-1-2-6-12)14(20)15-7-3-4-11(10-15)13(18)19/h11-12,17H,1-10H2,(H,18,19)/t11-/m1/s1. The molecule has 0 radical (unpaired) electrons. The summed E-state index contributed by atoms with van der Waals surface area (Å²) in [7, 11) is 0. The summed E-state index contributed by atoms with van der Waals surface area (Å²) in [6.07, 6.45) is 5.60. The Hall–Kier alpha value is -1.30. The Morgan fingerprint density at radius 3 is 2.45 bits per heavy atom. The molecule has 1 saturated carbocycles. The van der Waals surface area contributed by atoms with Crippen LogP contribution < -0.4 is 0 Å². The first-order chi connectivity index (χ1) is 9.63. The smallest absolute Gasteiger partial charge is 0.320 e. The van der Waals surface area contributed by atoms with Gasteiger partial charge in [-0.25, -0.2) is 4.79 Å². The summed E-state index contributed by atoms with van der Waals surface area (Å²) in [6, 6.07) is 0.108. The zero-order chi connectivity index (χ0) is 14.5. The number of hydrogen-bond donors (Lipinski definition) is 2. The van der Waals surface area contributed by atoms with Crippen LogP contribution in [0.1, 0.15) is 38.5 Å². The second-order valence-corrected chi connectivity index (χ2v) is 5.76. The summed E-state index contributed by atoms with van der Waals surface area (Å²) in [6.45, 7) is 1.22. The summed E-state index contributed by atoms with van der Waals surface area (Å²) in [5.41, 5.74) is 0. The average Bonchev–Trinajstić information content (AvgIpc) is 2.98. The monoisotopic (exact) mass is 284 g/mol. The van der Waals surface area contributed by atoms with Crippen molar-refractivity contribution in [2.24, 2.45) is 5.92 Å². The highest BCUT2D eigenvalue weighted by Crippen LogP contribution is 2.26. The topological polar surface area (TPSA) is 81.1 Å². The Kier molecular flexibility index (Phi) is 5.23. The molecule has 1 atom stereocenters. The van der Waals surface area contributed by atoms with Crippen molar-refractivity contribution in [3.63, 3.8) is 0 Å².